The maximum absolute atomic E-state index is 11.4. The fourth-order valence-corrected chi connectivity index (χ4v) is 1.30. The SMILES string of the molecule is COc1ccc(C(C)=O)c(OCCC(N)=O)c1. The topological polar surface area (TPSA) is 78.6 Å². The fourth-order valence-electron chi connectivity index (χ4n) is 1.30. The molecule has 0 spiro atoms. The molecule has 1 aromatic rings. The van der Waals surface area contributed by atoms with Crippen LogP contribution < -0.4 is 15.2 Å². The van der Waals surface area contributed by atoms with Crippen LogP contribution in [0.4, 0.5) is 0 Å². The summed E-state index contributed by atoms with van der Waals surface area (Å²) in [6, 6.07) is 4.91. The highest BCUT2D eigenvalue weighted by atomic mass is 16.5. The van der Waals surface area contributed by atoms with Gasteiger partial charge in [0.25, 0.3) is 0 Å². The number of ketones is 1. The van der Waals surface area contributed by atoms with E-state index in [1.165, 1.54) is 14.0 Å². The Hall–Kier alpha value is -2.04. The second kappa shape index (κ2) is 5.89. The number of rotatable bonds is 6. The van der Waals surface area contributed by atoms with Crippen molar-refractivity contribution < 1.29 is 19.1 Å². The molecule has 0 saturated heterocycles. The molecule has 0 bridgehead atoms. The number of primary amides is 1. The third kappa shape index (κ3) is 3.79. The molecule has 0 radical (unpaired) electrons. The molecule has 0 saturated carbocycles. The third-order valence-electron chi connectivity index (χ3n) is 2.17. The van der Waals surface area contributed by atoms with Crippen molar-refractivity contribution >= 4 is 11.7 Å². The molecule has 92 valence electrons. The number of nitrogens with two attached hydrogens (primary N) is 1. The van der Waals surface area contributed by atoms with Crippen molar-refractivity contribution in [1.29, 1.82) is 0 Å². The summed E-state index contributed by atoms with van der Waals surface area (Å²) in [7, 11) is 1.52. The van der Waals surface area contributed by atoms with Gasteiger partial charge in [-0.05, 0) is 19.1 Å². The summed E-state index contributed by atoms with van der Waals surface area (Å²) < 4.78 is 10.4. The average molecular weight is 237 g/mol. The van der Waals surface area contributed by atoms with Gasteiger partial charge in [-0.2, -0.15) is 0 Å². The first-order chi connectivity index (χ1) is 8.04. The third-order valence-corrected chi connectivity index (χ3v) is 2.17. The van der Waals surface area contributed by atoms with Crippen LogP contribution in [-0.4, -0.2) is 25.4 Å². The van der Waals surface area contributed by atoms with Gasteiger partial charge in [-0.1, -0.05) is 0 Å². The van der Waals surface area contributed by atoms with E-state index < -0.39 is 5.91 Å². The number of hydrogen-bond donors (Lipinski definition) is 1. The maximum atomic E-state index is 11.4. The Morgan fingerprint density at radius 3 is 2.59 bits per heavy atom. The predicted octanol–water partition coefficient (Wildman–Crippen LogP) is 1.15. The van der Waals surface area contributed by atoms with E-state index in [4.69, 9.17) is 15.2 Å². The molecular formula is C12H15NO4. The molecule has 0 aliphatic carbocycles. The van der Waals surface area contributed by atoms with Gasteiger partial charge in [-0.15, -0.1) is 0 Å². The van der Waals surface area contributed by atoms with Crippen LogP contribution in [0.15, 0.2) is 18.2 Å². The fraction of sp³-hybridized carbons (Fsp3) is 0.333. The van der Waals surface area contributed by atoms with Gasteiger partial charge in [-0.25, -0.2) is 0 Å². The summed E-state index contributed by atoms with van der Waals surface area (Å²) in [6.07, 6.45) is 0.106. The van der Waals surface area contributed by atoms with Crippen molar-refractivity contribution in [1.82, 2.24) is 0 Å². The molecule has 2 N–H and O–H groups in total. The molecule has 5 nitrogen and oxygen atoms in total. The van der Waals surface area contributed by atoms with Crippen molar-refractivity contribution in [2.24, 2.45) is 5.73 Å². The molecule has 0 aliphatic heterocycles. The summed E-state index contributed by atoms with van der Waals surface area (Å²) in [6.45, 7) is 1.59. The lowest BCUT2D eigenvalue weighted by atomic mass is 10.1. The molecule has 0 aliphatic rings. The van der Waals surface area contributed by atoms with Crippen LogP contribution >= 0.6 is 0 Å². The Bertz CT molecular complexity index is 429. The van der Waals surface area contributed by atoms with Crippen LogP contribution in [0.3, 0.4) is 0 Å². The number of ether oxygens (including phenoxy) is 2. The number of benzene rings is 1. The summed E-state index contributed by atoms with van der Waals surface area (Å²) in [5.74, 6) is 0.432. The maximum Gasteiger partial charge on any atom is 0.220 e. The zero-order chi connectivity index (χ0) is 12.8. The van der Waals surface area contributed by atoms with Crippen LogP contribution in [-0.2, 0) is 4.79 Å². The highest BCUT2D eigenvalue weighted by Crippen LogP contribution is 2.25. The van der Waals surface area contributed by atoms with Gasteiger partial charge in [-0.3, -0.25) is 9.59 Å². The van der Waals surface area contributed by atoms with E-state index in [-0.39, 0.29) is 18.8 Å². The lowest BCUT2D eigenvalue weighted by Gasteiger charge is -2.10. The van der Waals surface area contributed by atoms with Crippen LogP contribution in [0.2, 0.25) is 0 Å². The van der Waals surface area contributed by atoms with Gasteiger partial charge in [0.2, 0.25) is 5.91 Å². The molecule has 0 aromatic heterocycles. The van der Waals surface area contributed by atoms with E-state index in [0.717, 1.165) is 0 Å². The molecular weight excluding hydrogens is 222 g/mol. The zero-order valence-electron chi connectivity index (χ0n) is 9.86. The lowest BCUT2D eigenvalue weighted by Crippen LogP contribution is -2.15. The van der Waals surface area contributed by atoms with Gasteiger partial charge in [0.15, 0.2) is 5.78 Å². The normalized spacial score (nSPS) is 9.76. The second-order valence-corrected chi connectivity index (χ2v) is 3.48. The van der Waals surface area contributed by atoms with E-state index in [1.54, 1.807) is 18.2 Å². The summed E-state index contributed by atoms with van der Waals surface area (Å²) in [4.78, 5) is 21.9. The Labute approximate surface area is 99.5 Å². The van der Waals surface area contributed by atoms with E-state index >= 15 is 0 Å². The van der Waals surface area contributed by atoms with Crippen molar-refractivity contribution in [2.45, 2.75) is 13.3 Å². The molecule has 1 amide bonds. The Balaban J connectivity index is 2.85. The Kier molecular flexibility index (Phi) is 4.51. The number of Topliss-reactive ketones (excluding diaryl/α,β-unsaturated/α-hetero) is 1. The van der Waals surface area contributed by atoms with E-state index in [1.807, 2.05) is 0 Å². The highest BCUT2D eigenvalue weighted by Gasteiger charge is 2.10. The second-order valence-electron chi connectivity index (χ2n) is 3.48. The molecule has 1 aromatic carbocycles. The molecule has 17 heavy (non-hydrogen) atoms. The first-order valence-corrected chi connectivity index (χ1v) is 5.14. The zero-order valence-corrected chi connectivity index (χ0v) is 9.86. The first kappa shape index (κ1) is 13.0. The smallest absolute Gasteiger partial charge is 0.220 e. The predicted molar refractivity (Wildman–Crippen MR) is 62.3 cm³/mol. The van der Waals surface area contributed by atoms with Crippen molar-refractivity contribution in [3.05, 3.63) is 23.8 Å². The number of amides is 1. The minimum absolute atomic E-state index is 0.106. The monoisotopic (exact) mass is 237 g/mol. The summed E-state index contributed by atoms with van der Waals surface area (Å²) in [5, 5.41) is 0. The van der Waals surface area contributed by atoms with Gasteiger partial charge in [0, 0.05) is 6.07 Å². The van der Waals surface area contributed by atoms with Crippen molar-refractivity contribution in [2.75, 3.05) is 13.7 Å². The number of methoxy groups -OCH3 is 1. The Morgan fingerprint density at radius 2 is 2.06 bits per heavy atom. The van der Waals surface area contributed by atoms with Gasteiger partial charge in [0.1, 0.15) is 11.5 Å². The molecule has 5 heteroatoms. The number of carbonyl (C=O) groups is 2. The number of hydrogen-bond acceptors (Lipinski definition) is 4. The van der Waals surface area contributed by atoms with Crippen LogP contribution in [0.25, 0.3) is 0 Å². The van der Waals surface area contributed by atoms with Crippen molar-refractivity contribution in [3.63, 3.8) is 0 Å². The van der Waals surface area contributed by atoms with Gasteiger partial charge < -0.3 is 15.2 Å². The molecule has 0 atom stereocenters. The summed E-state index contributed by atoms with van der Waals surface area (Å²) in [5.41, 5.74) is 5.45. The molecule has 0 heterocycles. The van der Waals surface area contributed by atoms with E-state index in [0.29, 0.717) is 17.1 Å². The van der Waals surface area contributed by atoms with Crippen molar-refractivity contribution in [3.8, 4) is 11.5 Å². The van der Waals surface area contributed by atoms with E-state index in [2.05, 4.69) is 0 Å². The van der Waals surface area contributed by atoms with Crippen LogP contribution in [0.1, 0.15) is 23.7 Å². The lowest BCUT2D eigenvalue weighted by molar-refractivity contribution is -0.118. The Morgan fingerprint density at radius 1 is 1.35 bits per heavy atom. The van der Waals surface area contributed by atoms with Gasteiger partial charge in [0.05, 0.1) is 25.7 Å². The molecule has 0 fully saturated rings. The minimum atomic E-state index is -0.447. The van der Waals surface area contributed by atoms with Crippen LogP contribution in [0.5, 0.6) is 11.5 Å². The van der Waals surface area contributed by atoms with Gasteiger partial charge >= 0.3 is 0 Å². The van der Waals surface area contributed by atoms with Crippen LogP contribution in [0, 0.1) is 0 Å². The standard InChI is InChI=1S/C12H15NO4/c1-8(14)10-4-3-9(16-2)7-11(10)17-6-5-12(13)15/h3-4,7H,5-6H2,1-2H3,(H2,13,15). The number of carbonyl (C=O) groups excluding carboxylic acids is 2. The highest BCUT2D eigenvalue weighted by molar-refractivity contribution is 5.97. The summed E-state index contributed by atoms with van der Waals surface area (Å²) >= 11 is 0. The average Bonchev–Trinajstić information content (AvgIpc) is 2.28. The van der Waals surface area contributed by atoms with E-state index in [9.17, 15) is 9.59 Å². The quantitative estimate of drug-likeness (QED) is 0.753. The molecule has 0 unspecified atom stereocenters. The molecule has 1 rings (SSSR count). The largest absolute Gasteiger partial charge is 0.497 e. The minimum Gasteiger partial charge on any atom is -0.497 e. The first-order valence-electron chi connectivity index (χ1n) is 5.14.